The van der Waals surface area contributed by atoms with Gasteiger partial charge in [0.1, 0.15) is 0 Å². The number of aromatic nitrogens is 2. The summed E-state index contributed by atoms with van der Waals surface area (Å²) in [5.74, 6) is 0.289. The van der Waals surface area contributed by atoms with Crippen molar-refractivity contribution in [2.45, 2.75) is 25.6 Å². The van der Waals surface area contributed by atoms with Gasteiger partial charge in [-0.15, -0.1) is 0 Å². The molecule has 1 aromatic heterocycles. The average Bonchev–Trinajstić information content (AvgIpc) is 2.83. The molecule has 1 unspecified atom stereocenters. The molecule has 2 aromatic rings. The molecule has 1 aliphatic heterocycles. The number of imidazole rings is 1. The highest BCUT2D eigenvalue weighted by Crippen LogP contribution is 2.35. The van der Waals surface area contributed by atoms with Crippen LogP contribution >= 0.6 is 0 Å². The lowest BCUT2D eigenvalue weighted by atomic mass is 9.98. The van der Waals surface area contributed by atoms with Gasteiger partial charge < -0.3 is 9.88 Å². The molecule has 3 rings (SSSR count). The number of alkyl halides is 3. The number of benzene rings is 1. The highest BCUT2D eigenvalue weighted by molar-refractivity contribution is 5.38. The molecule has 1 aliphatic rings. The van der Waals surface area contributed by atoms with Gasteiger partial charge in [-0.1, -0.05) is 24.3 Å². The Bertz CT molecular complexity index is 631. The zero-order valence-electron chi connectivity index (χ0n) is 10.9. The molecular formula is C14H14F3N3. The Morgan fingerprint density at radius 2 is 2.05 bits per heavy atom. The normalized spacial score (nSPS) is 18.5. The molecule has 1 N–H and O–H groups in total. The Hall–Kier alpha value is -1.98. The van der Waals surface area contributed by atoms with Crippen molar-refractivity contribution in [3.8, 4) is 0 Å². The smallest absolute Gasteiger partial charge is 0.356 e. The van der Waals surface area contributed by atoms with Crippen molar-refractivity contribution in [3.63, 3.8) is 0 Å². The highest BCUT2D eigenvalue weighted by atomic mass is 19.4. The van der Waals surface area contributed by atoms with Gasteiger partial charge in [-0.05, 0) is 24.5 Å². The van der Waals surface area contributed by atoms with Crippen LogP contribution in [0.5, 0.6) is 0 Å². The van der Waals surface area contributed by atoms with Crippen LogP contribution in [0.15, 0.2) is 30.5 Å². The van der Waals surface area contributed by atoms with E-state index in [1.807, 2.05) is 31.2 Å². The van der Waals surface area contributed by atoms with Gasteiger partial charge in [0.05, 0.1) is 6.04 Å². The Labute approximate surface area is 114 Å². The van der Waals surface area contributed by atoms with E-state index in [2.05, 4.69) is 10.3 Å². The molecule has 1 atom stereocenters. The van der Waals surface area contributed by atoms with Crippen LogP contribution in [0.3, 0.4) is 0 Å². The standard InChI is InChI=1S/C14H14F3N3/c1-9-4-2-3-5-10(9)11-6-7-18-13-19-12(8-20(11)13)14(15,16)17/h2-5,8,11H,6-7H2,1H3,(H,18,19). The van der Waals surface area contributed by atoms with Crippen molar-refractivity contribution < 1.29 is 13.2 Å². The molecule has 0 radical (unpaired) electrons. The van der Waals surface area contributed by atoms with E-state index < -0.39 is 11.9 Å². The van der Waals surface area contributed by atoms with Gasteiger partial charge in [-0.2, -0.15) is 13.2 Å². The summed E-state index contributed by atoms with van der Waals surface area (Å²) in [5, 5.41) is 2.93. The summed E-state index contributed by atoms with van der Waals surface area (Å²) in [7, 11) is 0. The van der Waals surface area contributed by atoms with Crippen molar-refractivity contribution in [1.29, 1.82) is 0 Å². The van der Waals surface area contributed by atoms with Gasteiger partial charge in [0.2, 0.25) is 5.95 Å². The summed E-state index contributed by atoms with van der Waals surface area (Å²) in [6.45, 7) is 2.59. The van der Waals surface area contributed by atoms with E-state index in [-0.39, 0.29) is 12.0 Å². The minimum atomic E-state index is -4.41. The third kappa shape index (κ3) is 2.15. The molecule has 106 valence electrons. The molecule has 20 heavy (non-hydrogen) atoms. The van der Waals surface area contributed by atoms with E-state index in [1.165, 1.54) is 0 Å². The van der Waals surface area contributed by atoms with Crippen molar-refractivity contribution in [3.05, 3.63) is 47.3 Å². The summed E-state index contributed by atoms with van der Waals surface area (Å²) >= 11 is 0. The first kappa shape index (κ1) is 13.0. The predicted molar refractivity (Wildman–Crippen MR) is 69.7 cm³/mol. The van der Waals surface area contributed by atoms with Gasteiger partial charge in [-0.3, -0.25) is 0 Å². The monoisotopic (exact) mass is 281 g/mol. The summed E-state index contributed by atoms with van der Waals surface area (Å²) in [6.07, 6.45) is -2.58. The van der Waals surface area contributed by atoms with Crippen molar-refractivity contribution in [2.75, 3.05) is 11.9 Å². The third-order valence-electron chi connectivity index (χ3n) is 3.61. The fourth-order valence-electron chi connectivity index (χ4n) is 2.62. The zero-order chi connectivity index (χ0) is 14.3. The van der Waals surface area contributed by atoms with Crippen LogP contribution < -0.4 is 5.32 Å². The quantitative estimate of drug-likeness (QED) is 0.865. The number of halogens is 3. The van der Waals surface area contributed by atoms with Gasteiger partial charge in [-0.25, -0.2) is 4.98 Å². The first-order valence-corrected chi connectivity index (χ1v) is 6.42. The van der Waals surface area contributed by atoms with Crippen molar-refractivity contribution >= 4 is 5.95 Å². The third-order valence-corrected chi connectivity index (χ3v) is 3.61. The maximum Gasteiger partial charge on any atom is 0.434 e. The van der Waals surface area contributed by atoms with E-state index >= 15 is 0 Å². The topological polar surface area (TPSA) is 29.9 Å². The fourth-order valence-corrected chi connectivity index (χ4v) is 2.62. The van der Waals surface area contributed by atoms with Crippen LogP contribution in [0.25, 0.3) is 0 Å². The second kappa shape index (κ2) is 4.54. The van der Waals surface area contributed by atoms with Gasteiger partial charge in [0.15, 0.2) is 5.69 Å². The van der Waals surface area contributed by atoms with Crippen LogP contribution in [0.2, 0.25) is 0 Å². The van der Waals surface area contributed by atoms with Crippen molar-refractivity contribution in [1.82, 2.24) is 9.55 Å². The molecule has 1 aromatic carbocycles. The molecule has 0 saturated heterocycles. The van der Waals surface area contributed by atoms with Crippen LogP contribution in [-0.4, -0.2) is 16.1 Å². The van der Waals surface area contributed by atoms with Crippen molar-refractivity contribution in [2.24, 2.45) is 0 Å². The molecule has 0 amide bonds. The molecule has 0 spiro atoms. The molecule has 0 aliphatic carbocycles. The number of fused-ring (bicyclic) bond motifs is 1. The van der Waals surface area contributed by atoms with E-state index in [0.29, 0.717) is 6.54 Å². The van der Waals surface area contributed by atoms with Gasteiger partial charge >= 0.3 is 6.18 Å². The minimum Gasteiger partial charge on any atom is -0.356 e. The molecule has 3 nitrogen and oxygen atoms in total. The van der Waals surface area contributed by atoms with E-state index in [1.54, 1.807) is 4.57 Å². The molecule has 0 fully saturated rings. The average molecular weight is 281 g/mol. The number of rotatable bonds is 1. The summed E-state index contributed by atoms with van der Waals surface area (Å²) < 4.78 is 39.9. The lowest BCUT2D eigenvalue weighted by Crippen LogP contribution is -2.23. The van der Waals surface area contributed by atoms with E-state index in [4.69, 9.17) is 0 Å². The Balaban J connectivity index is 2.06. The fraction of sp³-hybridized carbons (Fsp3) is 0.357. The van der Waals surface area contributed by atoms with Crippen LogP contribution in [0.1, 0.15) is 29.3 Å². The molecule has 6 heteroatoms. The molecule has 2 heterocycles. The summed E-state index contributed by atoms with van der Waals surface area (Å²) in [5.41, 5.74) is 1.27. The minimum absolute atomic E-state index is 0.101. The largest absolute Gasteiger partial charge is 0.434 e. The highest BCUT2D eigenvalue weighted by Gasteiger charge is 2.36. The Morgan fingerprint density at radius 1 is 1.30 bits per heavy atom. The van der Waals surface area contributed by atoms with E-state index in [9.17, 15) is 13.2 Å². The first-order chi connectivity index (χ1) is 9.47. The second-order valence-electron chi connectivity index (χ2n) is 4.94. The van der Waals surface area contributed by atoms with Gasteiger partial charge in [0, 0.05) is 12.7 Å². The lowest BCUT2D eigenvalue weighted by molar-refractivity contribution is -0.140. The summed E-state index contributed by atoms with van der Waals surface area (Å²) in [6, 6.07) is 7.67. The number of nitrogens with zero attached hydrogens (tertiary/aromatic N) is 2. The Morgan fingerprint density at radius 3 is 2.75 bits per heavy atom. The SMILES string of the molecule is Cc1ccccc1C1CCNc2nc(C(F)(F)F)cn21. The maximum atomic E-state index is 12.8. The molecule has 0 saturated carbocycles. The number of hydrogen-bond acceptors (Lipinski definition) is 2. The predicted octanol–water partition coefficient (Wildman–Crippen LogP) is 3.62. The van der Waals surface area contributed by atoms with Crippen LogP contribution in [0.4, 0.5) is 19.1 Å². The van der Waals surface area contributed by atoms with Crippen LogP contribution in [0, 0.1) is 6.92 Å². The molecular weight excluding hydrogens is 267 g/mol. The second-order valence-corrected chi connectivity index (χ2v) is 4.94. The number of anilines is 1. The molecule has 0 bridgehead atoms. The lowest BCUT2D eigenvalue weighted by Gasteiger charge is -2.27. The van der Waals surface area contributed by atoms with Crippen LogP contribution in [-0.2, 0) is 6.18 Å². The number of nitrogens with one attached hydrogen (secondary N) is 1. The zero-order valence-corrected chi connectivity index (χ0v) is 10.9. The first-order valence-electron chi connectivity index (χ1n) is 6.42. The van der Waals surface area contributed by atoms with E-state index in [0.717, 1.165) is 23.7 Å². The Kier molecular flexibility index (Phi) is 2.96. The number of hydrogen-bond donors (Lipinski definition) is 1. The maximum absolute atomic E-state index is 12.8. The van der Waals surface area contributed by atoms with Gasteiger partial charge in [0.25, 0.3) is 0 Å². The number of aryl methyl sites for hydroxylation is 1. The summed E-state index contributed by atoms with van der Waals surface area (Å²) in [4.78, 5) is 3.65.